The van der Waals surface area contributed by atoms with Crippen molar-refractivity contribution < 1.29 is 17.6 Å². The predicted octanol–water partition coefficient (Wildman–Crippen LogP) is 4.36. The molecule has 104 valence electrons. The van der Waals surface area contributed by atoms with Crippen molar-refractivity contribution in [3.63, 3.8) is 0 Å². The fourth-order valence-electron chi connectivity index (χ4n) is 1.65. The van der Waals surface area contributed by atoms with Crippen molar-refractivity contribution in [2.75, 3.05) is 6.54 Å². The summed E-state index contributed by atoms with van der Waals surface area (Å²) in [6.07, 6.45) is 1.34. The SMILES string of the molecule is CCC(F)(F)CC(F)(F)CCCCCCCN. The zero-order valence-electron chi connectivity index (χ0n) is 10.5. The number of unbranched alkanes of at least 4 members (excludes halogenated alkanes) is 4. The second kappa shape index (κ2) is 7.90. The topological polar surface area (TPSA) is 26.0 Å². The van der Waals surface area contributed by atoms with Crippen LogP contribution >= 0.6 is 0 Å². The maximum atomic E-state index is 13.2. The van der Waals surface area contributed by atoms with Crippen LogP contribution in [0.3, 0.4) is 0 Å². The Morgan fingerprint density at radius 2 is 1.35 bits per heavy atom. The molecule has 0 unspecified atom stereocenters. The van der Waals surface area contributed by atoms with Gasteiger partial charge < -0.3 is 5.73 Å². The zero-order valence-corrected chi connectivity index (χ0v) is 10.5. The summed E-state index contributed by atoms with van der Waals surface area (Å²) in [6, 6.07) is 0. The zero-order chi connectivity index (χ0) is 13.4. The average molecular weight is 257 g/mol. The quantitative estimate of drug-likeness (QED) is 0.457. The highest BCUT2D eigenvalue weighted by Crippen LogP contribution is 2.36. The minimum Gasteiger partial charge on any atom is -0.330 e. The first kappa shape index (κ1) is 16.7. The predicted molar refractivity (Wildman–Crippen MR) is 61.6 cm³/mol. The summed E-state index contributed by atoms with van der Waals surface area (Å²) >= 11 is 0. The van der Waals surface area contributed by atoms with Crippen molar-refractivity contribution in [2.45, 2.75) is 70.1 Å². The van der Waals surface area contributed by atoms with E-state index in [1.54, 1.807) is 0 Å². The second-order valence-electron chi connectivity index (χ2n) is 4.55. The van der Waals surface area contributed by atoms with Gasteiger partial charge in [-0.25, -0.2) is 17.6 Å². The van der Waals surface area contributed by atoms with Gasteiger partial charge in [0.2, 0.25) is 0 Å². The second-order valence-corrected chi connectivity index (χ2v) is 4.55. The molecule has 0 aromatic carbocycles. The van der Waals surface area contributed by atoms with Gasteiger partial charge in [-0.2, -0.15) is 0 Å². The van der Waals surface area contributed by atoms with Gasteiger partial charge in [0, 0.05) is 12.8 Å². The van der Waals surface area contributed by atoms with E-state index in [-0.39, 0.29) is 0 Å². The van der Waals surface area contributed by atoms with Crippen LogP contribution in [0, 0.1) is 0 Å². The molecule has 0 saturated heterocycles. The minimum atomic E-state index is -3.25. The highest BCUT2D eigenvalue weighted by Gasteiger charge is 2.41. The molecule has 1 nitrogen and oxygen atoms in total. The molecular formula is C12H23F4N. The van der Waals surface area contributed by atoms with Crippen LogP contribution < -0.4 is 5.73 Å². The van der Waals surface area contributed by atoms with Crippen molar-refractivity contribution in [1.82, 2.24) is 0 Å². The minimum absolute atomic E-state index is 0.303. The number of rotatable bonds is 10. The number of nitrogens with two attached hydrogens (primary N) is 1. The average Bonchev–Trinajstić information content (AvgIpc) is 2.22. The monoisotopic (exact) mass is 257 g/mol. The molecule has 0 heterocycles. The van der Waals surface area contributed by atoms with E-state index in [4.69, 9.17) is 5.73 Å². The Morgan fingerprint density at radius 3 is 1.88 bits per heavy atom. The van der Waals surface area contributed by atoms with Crippen molar-refractivity contribution in [1.29, 1.82) is 0 Å². The molecule has 0 atom stereocenters. The van der Waals surface area contributed by atoms with Gasteiger partial charge in [-0.3, -0.25) is 0 Å². The Morgan fingerprint density at radius 1 is 0.824 bits per heavy atom. The van der Waals surface area contributed by atoms with Crippen molar-refractivity contribution in [3.8, 4) is 0 Å². The van der Waals surface area contributed by atoms with E-state index in [0.29, 0.717) is 19.4 Å². The molecule has 0 amide bonds. The summed E-state index contributed by atoms with van der Waals surface area (Å²) in [4.78, 5) is 0. The molecule has 0 aliphatic rings. The number of halogens is 4. The molecule has 17 heavy (non-hydrogen) atoms. The Balaban J connectivity index is 3.71. The van der Waals surface area contributed by atoms with Crippen molar-refractivity contribution in [3.05, 3.63) is 0 Å². The van der Waals surface area contributed by atoms with E-state index >= 15 is 0 Å². The van der Waals surface area contributed by atoms with Crippen LogP contribution in [0.4, 0.5) is 17.6 Å². The molecule has 2 N–H and O–H groups in total. The lowest BCUT2D eigenvalue weighted by Gasteiger charge is -2.22. The van der Waals surface area contributed by atoms with Crippen LogP contribution in [0.5, 0.6) is 0 Å². The maximum Gasteiger partial charge on any atom is 0.253 e. The smallest absolute Gasteiger partial charge is 0.253 e. The summed E-state index contributed by atoms with van der Waals surface area (Å²) in [5.41, 5.74) is 5.29. The van der Waals surface area contributed by atoms with Gasteiger partial charge in [-0.15, -0.1) is 0 Å². The third-order valence-corrected chi connectivity index (χ3v) is 2.78. The summed E-state index contributed by atoms with van der Waals surface area (Å²) in [5.74, 6) is -6.49. The van der Waals surface area contributed by atoms with Crippen LogP contribution in [0.2, 0.25) is 0 Å². The van der Waals surface area contributed by atoms with Crippen LogP contribution in [0.1, 0.15) is 58.3 Å². The van der Waals surface area contributed by atoms with Crippen molar-refractivity contribution >= 4 is 0 Å². The lowest BCUT2D eigenvalue weighted by Crippen LogP contribution is -2.28. The highest BCUT2D eigenvalue weighted by atomic mass is 19.3. The fraction of sp³-hybridized carbons (Fsp3) is 1.00. The number of hydrogen-bond acceptors (Lipinski definition) is 1. The Bertz CT molecular complexity index is 195. The Kier molecular flexibility index (Phi) is 7.75. The fourth-order valence-corrected chi connectivity index (χ4v) is 1.65. The summed E-state index contributed by atoms with van der Waals surface area (Å²) in [7, 11) is 0. The molecule has 0 aromatic rings. The molecular weight excluding hydrogens is 234 g/mol. The maximum absolute atomic E-state index is 13.2. The largest absolute Gasteiger partial charge is 0.330 e. The molecule has 0 radical (unpaired) electrons. The Hall–Kier alpha value is -0.320. The molecule has 0 bridgehead atoms. The van der Waals surface area contributed by atoms with Gasteiger partial charge in [0.15, 0.2) is 0 Å². The molecule has 0 aliphatic carbocycles. The summed E-state index contributed by atoms with van der Waals surface area (Å²) in [5, 5.41) is 0. The summed E-state index contributed by atoms with van der Waals surface area (Å²) in [6.45, 7) is 1.84. The van der Waals surface area contributed by atoms with Gasteiger partial charge in [0.25, 0.3) is 11.8 Å². The van der Waals surface area contributed by atoms with E-state index in [2.05, 4.69) is 0 Å². The van der Waals surface area contributed by atoms with E-state index in [1.807, 2.05) is 0 Å². The van der Waals surface area contributed by atoms with Crippen LogP contribution in [0.15, 0.2) is 0 Å². The first-order valence-corrected chi connectivity index (χ1v) is 6.29. The van der Waals surface area contributed by atoms with Crippen molar-refractivity contribution in [2.24, 2.45) is 5.73 Å². The third kappa shape index (κ3) is 9.39. The number of alkyl halides is 4. The molecule has 5 heteroatoms. The van der Waals surface area contributed by atoms with E-state index in [9.17, 15) is 17.6 Å². The van der Waals surface area contributed by atoms with Gasteiger partial charge >= 0.3 is 0 Å². The lowest BCUT2D eigenvalue weighted by molar-refractivity contribution is -0.116. The molecule has 0 aliphatic heterocycles. The normalized spacial score (nSPS) is 13.1. The molecule has 0 spiro atoms. The lowest BCUT2D eigenvalue weighted by atomic mass is 10.0. The molecule has 0 aromatic heterocycles. The van der Waals surface area contributed by atoms with Crippen LogP contribution in [-0.4, -0.2) is 18.4 Å². The summed E-state index contributed by atoms with van der Waals surface area (Å²) < 4.78 is 52.0. The molecule has 0 fully saturated rings. The first-order chi connectivity index (χ1) is 7.83. The van der Waals surface area contributed by atoms with Crippen LogP contribution in [-0.2, 0) is 0 Å². The van der Waals surface area contributed by atoms with E-state index in [0.717, 1.165) is 19.3 Å². The van der Waals surface area contributed by atoms with E-state index in [1.165, 1.54) is 6.92 Å². The van der Waals surface area contributed by atoms with E-state index < -0.39 is 31.1 Å². The third-order valence-electron chi connectivity index (χ3n) is 2.78. The van der Waals surface area contributed by atoms with Gasteiger partial charge in [-0.1, -0.05) is 26.2 Å². The Labute approximate surface area is 101 Å². The van der Waals surface area contributed by atoms with Gasteiger partial charge in [-0.05, 0) is 19.4 Å². The highest BCUT2D eigenvalue weighted by molar-refractivity contribution is 4.76. The van der Waals surface area contributed by atoms with Crippen LogP contribution in [0.25, 0.3) is 0 Å². The molecule has 0 saturated carbocycles. The standard InChI is InChI=1S/C12H23F4N/c1-2-11(13,14)10-12(15,16)8-6-4-3-5-7-9-17/h2-10,17H2,1H3. The van der Waals surface area contributed by atoms with Gasteiger partial charge in [0.05, 0.1) is 6.42 Å². The first-order valence-electron chi connectivity index (χ1n) is 6.29. The number of hydrogen-bond donors (Lipinski definition) is 1. The van der Waals surface area contributed by atoms with Gasteiger partial charge in [0.1, 0.15) is 0 Å². The molecule has 0 rings (SSSR count).